The lowest BCUT2D eigenvalue weighted by atomic mass is 9.96. The minimum Gasteiger partial charge on any atom is -0.494 e. The Morgan fingerprint density at radius 1 is 1.05 bits per heavy atom. The van der Waals surface area contributed by atoms with Crippen molar-refractivity contribution >= 4 is 62.5 Å². The Balaban J connectivity index is 1.51. The average Bonchev–Trinajstić information content (AvgIpc) is 3.27. The van der Waals surface area contributed by atoms with Crippen LogP contribution >= 0.6 is 50.5 Å². The highest BCUT2D eigenvalue weighted by Crippen LogP contribution is 2.32. The number of halogens is 3. The molecule has 0 N–H and O–H groups in total. The van der Waals surface area contributed by atoms with Gasteiger partial charge in [0.2, 0.25) is 0 Å². The Morgan fingerprint density at radius 2 is 1.81 bits per heavy atom. The van der Waals surface area contributed by atoms with Gasteiger partial charge in [0.05, 0.1) is 39.5 Å². The van der Waals surface area contributed by atoms with Crippen molar-refractivity contribution in [1.82, 2.24) is 4.57 Å². The first kappa shape index (κ1) is 31.1. The zero-order valence-electron chi connectivity index (χ0n) is 23.5. The van der Waals surface area contributed by atoms with Gasteiger partial charge in [-0.25, -0.2) is 9.79 Å². The highest BCUT2D eigenvalue weighted by molar-refractivity contribution is 9.10. The van der Waals surface area contributed by atoms with Gasteiger partial charge in [0.25, 0.3) is 5.56 Å². The number of nitrogens with zero attached hydrogens (tertiary/aromatic N) is 2. The minimum atomic E-state index is -0.699. The first-order chi connectivity index (χ1) is 20.7. The monoisotopic (exact) mass is 700 g/mol. The number of carbonyl (C=O) groups is 1. The summed E-state index contributed by atoms with van der Waals surface area (Å²) in [5, 5.41) is 1.09. The number of fused-ring (bicyclic) bond motifs is 1. The van der Waals surface area contributed by atoms with E-state index in [0.29, 0.717) is 53.2 Å². The first-order valence-corrected chi connectivity index (χ1v) is 15.8. The van der Waals surface area contributed by atoms with Gasteiger partial charge in [0.1, 0.15) is 18.1 Å². The van der Waals surface area contributed by atoms with Crippen LogP contribution in [0.5, 0.6) is 11.5 Å². The molecule has 1 aliphatic rings. The second kappa shape index (κ2) is 13.5. The van der Waals surface area contributed by atoms with Crippen molar-refractivity contribution in [3.8, 4) is 11.5 Å². The second-order valence-corrected chi connectivity index (χ2v) is 12.2. The summed E-state index contributed by atoms with van der Waals surface area (Å²) in [6.07, 6.45) is 1.80. The van der Waals surface area contributed by atoms with Crippen LogP contribution in [0, 0.1) is 0 Å². The molecule has 1 aliphatic heterocycles. The molecule has 43 heavy (non-hydrogen) atoms. The largest absolute Gasteiger partial charge is 0.494 e. The van der Waals surface area contributed by atoms with Gasteiger partial charge in [-0.1, -0.05) is 58.8 Å². The van der Waals surface area contributed by atoms with Crippen LogP contribution in [0.1, 0.15) is 43.5 Å². The summed E-state index contributed by atoms with van der Waals surface area (Å²) >= 11 is 17.1. The summed E-state index contributed by atoms with van der Waals surface area (Å²) in [6.45, 7) is 6.42. The van der Waals surface area contributed by atoms with Crippen molar-refractivity contribution in [2.24, 2.45) is 4.99 Å². The lowest BCUT2D eigenvalue weighted by molar-refractivity contribution is -0.139. The Morgan fingerprint density at radius 3 is 2.49 bits per heavy atom. The Hall–Kier alpha value is -3.37. The van der Waals surface area contributed by atoms with Gasteiger partial charge in [-0.3, -0.25) is 9.36 Å². The maximum Gasteiger partial charge on any atom is 0.338 e. The number of hydrogen-bond acceptors (Lipinski definition) is 7. The van der Waals surface area contributed by atoms with E-state index in [9.17, 15) is 9.59 Å². The normalized spacial score (nSPS) is 14.7. The fraction of sp³-hybridized carbons (Fsp3) is 0.219. The van der Waals surface area contributed by atoms with E-state index in [2.05, 4.69) is 20.9 Å². The van der Waals surface area contributed by atoms with E-state index in [1.165, 1.54) is 11.3 Å². The van der Waals surface area contributed by atoms with Crippen molar-refractivity contribution in [2.75, 3.05) is 13.2 Å². The molecule has 4 aromatic rings. The molecule has 1 atom stereocenters. The standard InChI is InChI=1S/C32H27BrCl2N2O5S/c1-4-40-23-11-8-20(9-12-23)29-28(31(39)41-5-2)18(3)36-32-37(29)30(38)27(43-32)15-19-6-13-26(24(33)14-19)42-17-21-7-10-22(34)16-25(21)35/h6-16,29H,4-5,17H2,1-3H3/b27-15-/t29-/m0/s1. The van der Waals surface area contributed by atoms with E-state index in [1.807, 2.05) is 55.5 Å². The molecule has 3 aromatic carbocycles. The highest BCUT2D eigenvalue weighted by atomic mass is 79.9. The fourth-order valence-corrected chi connectivity index (χ4v) is 6.71. The number of allylic oxidation sites excluding steroid dienone is 1. The third kappa shape index (κ3) is 6.75. The SMILES string of the molecule is CCOC(=O)C1=C(C)N=c2s/c(=C\c3ccc(OCc4ccc(Cl)cc4Cl)c(Br)c3)c(=O)n2[C@H]1c1ccc(OCC)cc1. The first-order valence-electron chi connectivity index (χ1n) is 13.5. The fourth-order valence-electron chi connectivity index (χ4n) is 4.69. The molecule has 0 saturated heterocycles. The molecule has 11 heteroatoms. The second-order valence-electron chi connectivity index (χ2n) is 9.52. The van der Waals surface area contributed by atoms with Crippen molar-refractivity contribution in [2.45, 2.75) is 33.4 Å². The molecule has 0 spiro atoms. The lowest BCUT2D eigenvalue weighted by Crippen LogP contribution is -2.39. The summed E-state index contributed by atoms with van der Waals surface area (Å²) in [4.78, 5) is 32.1. The van der Waals surface area contributed by atoms with E-state index in [-0.39, 0.29) is 18.8 Å². The van der Waals surface area contributed by atoms with Crippen LogP contribution in [0.3, 0.4) is 0 Å². The Kier molecular flexibility index (Phi) is 9.76. The third-order valence-electron chi connectivity index (χ3n) is 6.68. The van der Waals surface area contributed by atoms with Crippen LogP contribution in [0.15, 0.2) is 86.2 Å². The van der Waals surface area contributed by atoms with Gasteiger partial charge in [0, 0.05) is 15.6 Å². The number of rotatable bonds is 9. The maximum atomic E-state index is 13.9. The van der Waals surface area contributed by atoms with E-state index in [1.54, 1.807) is 36.6 Å². The predicted octanol–water partition coefficient (Wildman–Crippen LogP) is 6.85. The number of ether oxygens (including phenoxy) is 3. The molecule has 1 aromatic heterocycles. The number of benzene rings is 3. The summed E-state index contributed by atoms with van der Waals surface area (Å²) in [7, 11) is 0. The maximum absolute atomic E-state index is 13.9. The molecule has 0 saturated carbocycles. The summed E-state index contributed by atoms with van der Waals surface area (Å²) in [5.74, 6) is 0.817. The van der Waals surface area contributed by atoms with Gasteiger partial charge < -0.3 is 14.2 Å². The number of aromatic nitrogens is 1. The van der Waals surface area contributed by atoms with E-state index >= 15 is 0 Å². The molecule has 222 valence electrons. The molecule has 0 radical (unpaired) electrons. The molecule has 0 aliphatic carbocycles. The van der Waals surface area contributed by atoms with Crippen molar-refractivity contribution in [3.63, 3.8) is 0 Å². The van der Waals surface area contributed by atoms with E-state index in [0.717, 1.165) is 16.7 Å². The molecule has 7 nitrogen and oxygen atoms in total. The number of hydrogen-bond donors (Lipinski definition) is 0. The zero-order chi connectivity index (χ0) is 30.7. The lowest BCUT2D eigenvalue weighted by Gasteiger charge is -2.24. The average molecular weight is 702 g/mol. The molecule has 0 fully saturated rings. The smallest absolute Gasteiger partial charge is 0.338 e. The van der Waals surface area contributed by atoms with Crippen molar-refractivity contribution in [1.29, 1.82) is 0 Å². The van der Waals surface area contributed by atoms with Gasteiger partial charge in [-0.15, -0.1) is 0 Å². The van der Waals surface area contributed by atoms with Crippen LogP contribution in [-0.4, -0.2) is 23.8 Å². The molecule has 0 amide bonds. The van der Waals surface area contributed by atoms with Gasteiger partial charge >= 0.3 is 5.97 Å². The number of carbonyl (C=O) groups excluding carboxylic acids is 1. The van der Waals surface area contributed by atoms with Crippen molar-refractivity contribution < 1.29 is 19.0 Å². The predicted molar refractivity (Wildman–Crippen MR) is 173 cm³/mol. The van der Waals surface area contributed by atoms with E-state index in [4.69, 9.17) is 37.4 Å². The number of thiazole rings is 1. The summed E-state index contributed by atoms with van der Waals surface area (Å²) in [5.41, 5.74) is 2.92. The van der Waals surface area contributed by atoms with Crippen LogP contribution in [0.4, 0.5) is 0 Å². The summed E-state index contributed by atoms with van der Waals surface area (Å²) < 4.78 is 19.7. The molecule has 2 heterocycles. The molecule has 0 unspecified atom stereocenters. The van der Waals surface area contributed by atoms with Crippen LogP contribution in [-0.2, 0) is 16.1 Å². The number of esters is 1. The Labute approximate surface area is 270 Å². The molecule has 5 rings (SSSR count). The highest BCUT2D eigenvalue weighted by Gasteiger charge is 2.33. The van der Waals surface area contributed by atoms with E-state index < -0.39 is 12.0 Å². The van der Waals surface area contributed by atoms with Crippen molar-refractivity contribution in [3.05, 3.63) is 123 Å². The minimum absolute atomic E-state index is 0.206. The summed E-state index contributed by atoms with van der Waals surface area (Å²) in [6, 6.07) is 17.5. The topological polar surface area (TPSA) is 79.1 Å². The quantitative estimate of drug-likeness (QED) is 0.179. The molecular formula is C32H27BrCl2N2O5S. The molecule has 0 bridgehead atoms. The zero-order valence-corrected chi connectivity index (χ0v) is 27.4. The van der Waals surface area contributed by atoms with Gasteiger partial charge in [-0.05, 0) is 90.3 Å². The molecular weight excluding hydrogens is 675 g/mol. The van der Waals surface area contributed by atoms with Crippen LogP contribution in [0.25, 0.3) is 6.08 Å². The van der Waals surface area contributed by atoms with Gasteiger partial charge in [0.15, 0.2) is 4.80 Å². The van der Waals surface area contributed by atoms with Gasteiger partial charge in [-0.2, -0.15) is 0 Å². The van der Waals surface area contributed by atoms with Crippen LogP contribution in [0.2, 0.25) is 10.0 Å². The van der Waals surface area contributed by atoms with Crippen LogP contribution < -0.4 is 24.4 Å². The Bertz CT molecular complexity index is 1900. The third-order valence-corrected chi connectivity index (χ3v) is 8.87.